The van der Waals surface area contributed by atoms with Crippen LogP contribution in [0, 0.1) is 6.92 Å². The van der Waals surface area contributed by atoms with E-state index in [1.165, 1.54) is 11.3 Å². The van der Waals surface area contributed by atoms with Crippen molar-refractivity contribution in [3.8, 4) is 0 Å². The Balaban J connectivity index is 3.01. The molecule has 1 heterocycles. The van der Waals surface area contributed by atoms with Crippen molar-refractivity contribution in [1.82, 2.24) is 0 Å². The molecule has 53 valence electrons. The van der Waals surface area contributed by atoms with E-state index in [9.17, 15) is 4.79 Å². The molecule has 0 fully saturated rings. The van der Waals surface area contributed by atoms with Crippen molar-refractivity contribution in [3.05, 3.63) is 28.8 Å². The lowest BCUT2D eigenvalue weighted by Crippen LogP contribution is -1.97. The summed E-state index contributed by atoms with van der Waals surface area (Å²) in [5.41, 5.74) is 1.21. The number of carbonyl (C=O) groups is 1. The summed E-state index contributed by atoms with van der Waals surface area (Å²) >= 11 is 1.40. The van der Waals surface area contributed by atoms with E-state index in [2.05, 4.69) is 6.92 Å². The highest BCUT2D eigenvalue weighted by atomic mass is 32.1. The molecule has 0 saturated carbocycles. The number of hydrogen-bond acceptors (Lipinski definition) is 2. The molecule has 0 amide bonds. The Labute approximate surface area is 63.1 Å². The van der Waals surface area contributed by atoms with Crippen LogP contribution in [0.1, 0.15) is 15.9 Å². The van der Waals surface area contributed by atoms with Gasteiger partial charge in [0.15, 0.2) is 0 Å². The predicted octanol–water partition coefficient (Wildman–Crippen LogP) is 1.82. The summed E-state index contributed by atoms with van der Waals surface area (Å²) in [5, 5.41) is 12.0. The van der Waals surface area contributed by atoms with Crippen LogP contribution < -0.4 is 0 Å². The standard InChI is InChI=1S/C7H7O2S/c1-2-5-3-10-4-6(5)7(8)9/h3-4H,1-2H2,(H,8,9). The van der Waals surface area contributed by atoms with Crippen molar-refractivity contribution >= 4 is 17.3 Å². The molecule has 0 aliphatic carbocycles. The van der Waals surface area contributed by atoms with Crippen LogP contribution in [0.4, 0.5) is 0 Å². The summed E-state index contributed by atoms with van der Waals surface area (Å²) < 4.78 is 0. The van der Waals surface area contributed by atoms with Gasteiger partial charge < -0.3 is 5.11 Å². The number of carboxylic acid groups (broad SMARTS) is 1. The maximum atomic E-state index is 10.4. The second-order valence-electron chi connectivity index (χ2n) is 1.87. The van der Waals surface area contributed by atoms with Crippen molar-refractivity contribution in [2.75, 3.05) is 0 Å². The fourth-order valence-corrected chi connectivity index (χ4v) is 1.57. The van der Waals surface area contributed by atoms with Gasteiger partial charge in [-0.1, -0.05) is 0 Å². The Hall–Kier alpha value is -0.830. The second-order valence-corrected chi connectivity index (χ2v) is 2.61. The van der Waals surface area contributed by atoms with Crippen molar-refractivity contribution in [1.29, 1.82) is 0 Å². The Bertz CT molecular complexity index is 240. The molecule has 0 aliphatic rings. The van der Waals surface area contributed by atoms with Crippen LogP contribution in [0.25, 0.3) is 0 Å². The molecule has 0 spiro atoms. The van der Waals surface area contributed by atoms with Gasteiger partial charge in [-0.25, -0.2) is 4.79 Å². The van der Waals surface area contributed by atoms with E-state index in [0.717, 1.165) is 5.56 Å². The molecule has 1 rings (SSSR count). The molecule has 1 radical (unpaired) electrons. The average molecular weight is 155 g/mol. The van der Waals surface area contributed by atoms with E-state index in [-0.39, 0.29) is 0 Å². The lowest BCUT2D eigenvalue weighted by molar-refractivity contribution is 0.0696. The van der Waals surface area contributed by atoms with Crippen LogP contribution >= 0.6 is 11.3 Å². The number of rotatable bonds is 2. The van der Waals surface area contributed by atoms with Crippen LogP contribution in [0.15, 0.2) is 10.8 Å². The molecular weight excluding hydrogens is 148 g/mol. The molecule has 1 aromatic heterocycles. The quantitative estimate of drug-likeness (QED) is 0.707. The third kappa shape index (κ3) is 1.19. The SMILES string of the molecule is [CH2]Cc1cscc1C(=O)O. The minimum Gasteiger partial charge on any atom is -0.478 e. The van der Waals surface area contributed by atoms with E-state index in [0.29, 0.717) is 12.0 Å². The lowest BCUT2D eigenvalue weighted by Gasteiger charge is -1.91. The summed E-state index contributed by atoms with van der Waals surface area (Å²) in [4.78, 5) is 10.4. The summed E-state index contributed by atoms with van der Waals surface area (Å²) in [6, 6.07) is 0. The molecule has 3 heteroatoms. The topological polar surface area (TPSA) is 37.3 Å². The zero-order chi connectivity index (χ0) is 7.56. The molecule has 0 atom stereocenters. The van der Waals surface area contributed by atoms with E-state index < -0.39 is 5.97 Å². The first-order chi connectivity index (χ1) is 4.75. The molecule has 0 aliphatic heterocycles. The third-order valence-electron chi connectivity index (χ3n) is 1.24. The van der Waals surface area contributed by atoms with Crippen LogP contribution in [-0.4, -0.2) is 11.1 Å². The number of thiophene rings is 1. The fraction of sp³-hybridized carbons (Fsp3) is 0.143. The highest BCUT2D eigenvalue weighted by Crippen LogP contribution is 2.14. The molecule has 10 heavy (non-hydrogen) atoms. The monoisotopic (exact) mass is 155 g/mol. The summed E-state index contributed by atoms with van der Waals surface area (Å²) in [5.74, 6) is -0.861. The first-order valence-corrected chi connectivity index (χ1v) is 3.77. The van der Waals surface area contributed by atoms with E-state index >= 15 is 0 Å². The zero-order valence-electron chi connectivity index (χ0n) is 5.33. The van der Waals surface area contributed by atoms with E-state index in [4.69, 9.17) is 5.11 Å². The van der Waals surface area contributed by atoms with E-state index in [1.54, 1.807) is 5.38 Å². The summed E-state index contributed by atoms with van der Waals surface area (Å²) in [6.07, 6.45) is 0.547. The molecule has 1 N–H and O–H groups in total. The predicted molar refractivity (Wildman–Crippen MR) is 40.3 cm³/mol. The molecular formula is C7H7O2S. The fourth-order valence-electron chi connectivity index (χ4n) is 0.705. The van der Waals surface area contributed by atoms with Gasteiger partial charge in [-0.15, -0.1) is 0 Å². The van der Waals surface area contributed by atoms with Crippen LogP contribution in [0.5, 0.6) is 0 Å². The minimum atomic E-state index is -0.861. The number of carboxylic acids is 1. The first kappa shape index (κ1) is 7.28. The second kappa shape index (κ2) is 2.84. The zero-order valence-corrected chi connectivity index (χ0v) is 6.15. The lowest BCUT2D eigenvalue weighted by atomic mass is 10.1. The van der Waals surface area contributed by atoms with Gasteiger partial charge in [-0.3, -0.25) is 0 Å². The van der Waals surface area contributed by atoms with Crippen molar-refractivity contribution in [2.24, 2.45) is 0 Å². The summed E-state index contributed by atoms with van der Waals surface area (Å²) in [6.45, 7) is 3.61. The Morgan fingerprint density at radius 2 is 2.40 bits per heavy atom. The highest BCUT2D eigenvalue weighted by molar-refractivity contribution is 7.08. The van der Waals surface area contributed by atoms with E-state index in [1.807, 2.05) is 5.38 Å². The van der Waals surface area contributed by atoms with Gasteiger partial charge in [0.05, 0.1) is 5.56 Å². The minimum absolute atomic E-state index is 0.389. The molecule has 0 bridgehead atoms. The molecule has 1 aromatic rings. The Morgan fingerprint density at radius 1 is 1.70 bits per heavy atom. The smallest absolute Gasteiger partial charge is 0.336 e. The Morgan fingerprint density at radius 3 is 2.80 bits per heavy atom. The van der Waals surface area contributed by atoms with Gasteiger partial charge in [0.2, 0.25) is 0 Å². The molecule has 0 aromatic carbocycles. The molecule has 2 nitrogen and oxygen atoms in total. The molecule has 0 saturated heterocycles. The van der Waals surface area contributed by atoms with Gasteiger partial charge in [0.1, 0.15) is 0 Å². The third-order valence-corrected chi connectivity index (χ3v) is 2.03. The van der Waals surface area contributed by atoms with Crippen molar-refractivity contribution < 1.29 is 9.90 Å². The van der Waals surface area contributed by atoms with Gasteiger partial charge in [-0.2, -0.15) is 11.3 Å². The number of hydrogen-bond donors (Lipinski definition) is 1. The highest BCUT2D eigenvalue weighted by Gasteiger charge is 2.07. The van der Waals surface area contributed by atoms with Crippen LogP contribution in [-0.2, 0) is 6.42 Å². The van der Waals surface area contributed by atoms with Gasteiger partial charge in [0, 0.05) is 5.38 Å². The van der Waals surface area contributed by atoms with Crippen LogP contribution in [0.3, 0.4) is 0 Å². The van der Waals surface area contributed by atoms with Crippen LogP contribution in [0.2, 0.25) is 0 Å². The van der Waals surface area contributed by atoms with Crippen molar-refractivity contribution in [2.45, 2.75) is 6.42 Å². The largest absolute Gasteiger partial charge is 0.478 e. The Kier molecular flexibility index (Phi) is 2.06. The number of aromatic carboxylic acids is 1. The summed E-state index contributed by atoms with van der Waals surface area (Å²) in [7, 11) is 0. The average Bonchev–Trinajstić information content (AvgIpc) is 2.33. The van der Waals surface area contributed by atoms with Crippen molar-refractivity contribution in [3.63, 3.8) is 0 Å². The van der Waals surface area contributed by atoms with Gasteiger partial charge in [-0.05, 0) is 24.3 Å². The van der Waals surface area contributed by atoms with Gasteiger partial charge >= 0.3 is 5.97 Å². The first-order valence-electron chi connectivity index (χ1n) is 2.83. The maximum absolute atomic E-state index is 10.4. The normalized spacial score (nSPS) is 9.70. The maximum Gasteiger partial charge on any atom is 0.336 e. The van der Waals surface area contributed by atoms with Gasteiger partial charge in [0.25, 0.3) is 0 Å². The molecule has 0 unspecified atom stereocenters.